The third-order valence-corrected chi connectivity index (χ3v) is 3.83. The predicted molar refractivity (Wildman–Crippen MR) is 83.5 cm³/mol. The number of hydrogen-bond donors (Lipinski definition) is 2. The lowest BCUT2D eigenvalue weighted by atomic mass is 10.1. The summed E-state index contributed by atoms with van der Waals surface area (Å²) in [4.78, 5) is 16.0. The standard InChI is InChI=1S/C15H14BrN3O2/c1-2-18-14-10-6-11(16)13(7-12(10)19-15(14)20)21-9-4-3-5-17-8-9/h3-8,14,18H,2H2,1H3,(H,19,20). The predicted octanol–water partition coefficient (Wildman–Crippen LogP) is 3.24. The molecule has 1 aromatic carbocycles. The van der Waals surface area contributed by atoms with Crippen LogP contribution in [0.4, 0.5) is 5.69 Å². The average Bonchev–Trinajstić information content (AvgIpc) is 2.77. The van der Waals surface area contributed by atoms with Crippen LogP contribution in [0.2, 0.25) is 0 Å². The zero-order valence-corrected chi connectivity index (χ0v) is 13.0. The first-order valence-corrected chi connectivity index (χ1v) is 7.44. The minimum absolute atomic E-state index is 0.0442. The molecule has 1 unspecified atom stereocenters. The molecule has 5 nitrogen and oxygen atoms in total. The topological polar surface area (TPSA) is 63.2 Å². The second kappa shape index (κ2) is 5.83. The summed E-state index contributed by atoms with van der Waals surface area (Å²) in [6, 6.07) is 7.05. The number of nitrogens with zero attached hydrogens (tertiary/aromatic N) is 1. The maximum Gasteiger partial charge on any atom is 0.246 e. The van der Waals surface area contributed by atoms with Gasteiger partial charge in [0, 0.05) is 23.5 Å². The van der Waals surface area contributed by atoms with Crippen molar-refractivity contribution in [3.05, 3.63) is 46.7 Å². The van der Waals surface area contributed by atoms with Crippen LogP contribution in [-0.4, -0.2) is 17.4 Å². The Balaban J connectivity index is 1.92. The summed E-state index contributed by atoms with van der Waals surface area (Å²) in [5, 5.41) is 6.03. The van der Waals surface area contributed by atoms with Crippen LogP contribution in [0.5, 0.6) is 11.5 Å². The van der Waals surface area contributed by atoms with Crippen LogP contribution in [0, 0.1) is 0 Å². The molecule has 3 rings (SSSR count). The van der Waals surface area contributed by atoms with E-state index in [1.807, 2.05) is 25.1 Å². The maximum atomic E-state index is 12.0. The van der Waals surface area contributed by atoms with E-state index in [2.05, 4.69) is 31.5 Å². The summed E-state index contributed by atoms with van der Waals surface area (Å²) < 4.78 is 6.58. The SMILES string of the molecule is CCNC1C(=O)Nc2cc(Oc3cccnc3)c(Br)cc21. The highest BCUT2D eigenvalue weighted by Crippen LogP contribution is 2.40. The summed E-state index contributed by atoms with van der Waals surface area (Å²) in [6.07, 6.45) is 3.32. The number of hydrogen-bond acceptors (Lipinski definition) is 4. The van der Waals surface area contributed by atoms with E-state index in [-0.39, 0.29) is 11.9 Å². The fourth-order valence-corrected chi connectivity index (χ4v) is 2.72. The fourth-order valence-electron chi connectivity index (χ4n) is 2.28. The van der Waals surface area contributed by atoms with Gasteiger partial charge in [-0.15, -0.1) is 0 Å². The number of benzene rings is 1. The summed E-state index contributed by atoms with van der Waals surface area (Å²) >= 11 is 3.49. The molecule has 1 aromatic heterocycles. The zero-order chi connectivity index (χ0) is 14.8. The molecule has 1 aliphatic rings. The van der Waals surface area contributed by atoms with E-state index in [0.29, 0.717) is 11.5 Å². The number of amides is 1. The van der Waals surface area contributed by atoms with Crippen molar-refractivity contribution in [1.82, 2.24) is 10.3 Å². The van der Waals surface area contributed by atoms with Gasteiger partial charge < -0.3 is 15.4 Å². The number of halogens is 1. The Morgan fingerprint density at radius 1 is 1.48 bits per heavy atom. The normalized spacial score (nSPS) is 16.5. The maximum absolute atomic E-state index is 12.0. The van der Waals surface area contributed by atoms with Crippen LogP contribution in [0.15, 0.2) is 41.1 Å². The lowest BCUT2D eigenvalue weighted by molar-refractivity contribution is -0.117. The lowest BCUT2D eigenvalue weighted by Crippen LogP contribution is -2.27. The van der Waals surface area contributed by atoms with E-state index in [4.69, 9.17) is 4.74 Å². The second-order valence-electron chi connectivity index (χ2n) is 4.64. The Labute approximate surface area is 130 Å². The number of nitrogens with one attached hydrogen (secondary N) is 2. The molecule has 2 N–H and O–H groups in total. The molecule has 0 saturated heterocycles. The van der Waals surface area contributed by atoms with E-state index in [9.17, 15) is 4.79 Å². The van der Waals surface area contributed by atoms with Crippen molar-refractivity contribution in [2.75, 3.05) is 11.9 Å². The summed E-state index contributed by atoms with van der Waals surface area (Å²) in [5.41, 5.74) is 1.69. The molecule has 0 fully saturated rings. The van der Waals surface area contributed by atoms with Crippen molar-refractivity contribution in [1.29, 1.82) is 0 Å². The van der Waals surface area contributed by atoms with Gasteiger partial charge in [-0.3, -0.25) is 9.78 Å². The first-order chi connectivity index (χ1) is 10.2. The van der Waals surface area contributed by atoms with E-state index in [1.54, 1.807) is 18.5 Å². The molecular weight excluding hydrogens is 334 g/mol. The molecule has 2 heterocycles. The van der Waals surface area contributed by atoms with E-state index < -0.39 is 0 Å². The van der Waals surface area contributed by atoms with Crippen LogP contribution < -0.4 is 15.4 Å². The molecule has 0 saturated carbocycles. The largest absolute Gasteiger partial charge is 0.454 e. The van der Waals surface area contributed by atoms with Gasteiger partial charge >= 0.3 is 0 Å². The fraction of sp³-hybridized carbons (Fsp3) is 0.200. The van der Waals surface area contributed by atoms with Crippen LogP contribution in [0.3, 0.4) is 0 Å². The summed E-state index contributed by atoms with van der Waals surface area (Å²) in [6.45, 7) is 2.70. The number of aromatic nitrogens is 1. The monoisotopic (exact) mass is 347 g/mol. The van der Waals surface area contributed by atoms with Gasteiger partial charge in [-0.05, 0) is 40.7 Å². The number of carbonyl (C=O) groups excluding carboxylic acids is 1. The van der Waals surface area contributed by atoms with E-state index >= 15 is 0 Å². The average molecular weight is 348 g/mol. The van der Waals surface area contributed by atoms with Gasteiger partial charge in [-0.2, -0.15) is 0 Å². The first kappa shape index (κ1) is 14.0. The molecule has 1 atom stereocenters. The molecule has 0 aliphatic carbocycles. The molecule has 21 heavy (non-hydrogen) atoms. The molecule has 0 spiro atoms. The Morgan fingerprint density at radius 2 is 2.33 bits per heavy atom. The van der Waals surface area contributed by atoms with Gasteiger partial charge in [-0.1, -0.05) is 6.92 Å². The third kappa shape index (κ3) is 2.77. The molecule has 1 amide bonds. The van der Waals surface area contributed by atoms with Gasteiger partial charge in [0.15, 0.2) is 0 Å². The highest BCUT2D eigenvalue weighted by molar-refractivity contribution is 9.10. The molecule has 0 radical (unpaired) electrons. The van der Waals surface area contributed by atoms with Gasteiger partial charge in [0.05, 0.1) is 10.7 Å². The van der Waals surface area contributed by atoms with E-state index in [1.165, 1.54) is 0 Å². The van der Waals surface area contributed by atoms with Crippen molar-refractivity contribution in [3.63, 3.8) is 0 Å². The highest BCUT2D eigenvalue weighted by Gasteiger charge is 2.31. The van der Waals surface area contributed by atoms with Crippen molar-refractivity contribution in [3.8, 4) is 11.5 Å². The van der Waals surface area contributed by atoms with Gasteiger partial charge in [0.25, 0.3) is 0 Å². The Morgan fingerprint density at radius 3 is 3.05 bits per heavy atom. The number of likely N-dealkylation sites (N-methyl/N-ethyl adjacent to an activating group) is 1. The van der Waals surface area contributed by atoms with Crippen LogP contribution in [0.1, 0.15) is 18.5 Å². The van der Waals surface area contributed by atoms with Crippen molar-refractivity contribution in [2.45, 2.75) is 13.0 Å². The van der Waals surface area contributed by atoms with Gasteiger partial charge in [0.1, 0.15) is 17.5 Å². The number of fused-ring (bicyclic) bond motifs is 1. The number of anilines is 1. The third-order valence-electron chi connectivity index (χ3n) is 3.21. The van der Waals surface area contributed by atoms with E-state index in [0.717, 1.165) is 22.3 Å². The zero-order valence-electron chi connectivity index (χ0n) is 11.4. The van der Waals surface area contributed by atoms with Crippen molar-refractivity contribution in [2.24, 2.45) is 0 Å². The highest BCUT2D eigenvalue weighted by atomic mass is 79.9. The summed E-state index contributed by atoms with van der Waals surface area (Å²) in [5.74, 6) is 1.24. The number of carbonyl (C=O) groups is 1. The molecule has 0 bridgehead atoms. The second-order valence-corrected chi connectivity index (χ2v) is 5.49. The minimum Gasteiger partial charge on any atom is -0.454 e. The Bertz CT molecular complexity index is 676. The Hall–Kier alpha value is -1.92. The van der Waals surface area contributed by atoms with Gasteiger partial charge in [0.2, 0.25) is 5.91 Å². The lowest BCUT2D eigenvalue weighted by Gasteiger charge is -2.12. The smallest absolute Gasteiger partial charge is 0.246 e. The minimum atomic E-state index is -0.311. The number of ether oxygens (including phenoxy) is 1. The van der Waals surface area contributed by atoms with Gasteiger partial charge in [-0.25, -0.2) is 0 Å². The quantitative estimate of drug-likeness (QED) is 0.891. The molecule has 108 valence electrons. The Kier molecular flexibility index (Phi) is 3.90. The molecule has 6 heteroatoms. The van der Waals surface area contributed by atoms with Crippen molar-refractivity contribution >= 4 is 27.5 Å². The van der Waals surface area contributed by atoms with Crippen LogP contribution in [-0.2, 0) is 4.79 Å². The number of rotatable bonds is 4. The number of pyridine rings is 1. The molecule has 1 aliphatic heterocycles. The summed E-state index contributed by atoms with van der Waals surface area (Å²) in [7, 11) is 0. The van der Waals surface area contributed by atoms with Crippen molar-refractivity contribution < 1.29 is 9.53 Å². The molecular formula is C15H14BrN3O2. The molecule has 2 aromatic rings. The van der Waals surface area contributed by atoms with Crippen LogP contribution >= 0.6 is 15.9 Å². The van der Waals surface area contributed by atoms with Crippen LogP contribution in [0.25, 0.3) is 0 Å². The first-order valence-electron chi connectivity index (χ1n) is 6.64.